The summed E-state index contributed by atoms with van der Waals surface area (Å²) in [5.74, 6) is 0.777. The average Bonchev–Trinajstić information content (AvgIpc) is 2.98. The molecule has 0 aromatic carbocycles. The van der Waals surface area contributed by atoms with Crippen molar-refractivity contribution in [3.8, 4) is 0 Å². The minimum Gasteiger partial charge on any atom is -0.335 e. The number of hydrogen-bond acceptors (Lipinski definition) is 4. The minimum absolute atomic E-state index is 0.133. The van der Waals surface area contributed by atoms with Crippen LogP contribution in [0.25, 0.3) is 0 Å². The molecule has 1 N–H and O–H groups in total. The van der Waals surface area contributed by atoms with Crippen molar-refractivity contribution in [2.75, 3.05) is 39.8 Å². The highest BCUT2D eigenvalue weighted by molar-refractivity contribution is 5.94. The number of amides is 1. The normalized spacial score (nSPS) is 21.3. The van der Waals surface area contributed by atoms with E-state index in [0.29, 0.717) is 17.7 Å². The van der Waals surface area contributed by atoms with E-state index in [2.05, 4.69) is 42.7 Å². The highest BCUT2D eigenvalue weighted by Gasteiger charge is 2.31. The molecule has 1 aliphatic carbocycles. The van der Waals surface area contributed by atoms with E-state index in [1.165, 1.54) is 11.3 Å². The molecule has 0 bridgehead atoms. The second-order valence-corrected chi connectivity index (χ2v) is 8.33. The van der Waals surface area contributed by atoms with Crippen LogP contribution in [0.5, 0.6) is 0 Å². The molecule has 6 nitrogen and oxygen atoms in total. The van der Waals surface area contributed by atoms with Crippen molar-refractivity contribution in [2.45, 2.75) is 59.0 Å². The third kappa shape index (κ3) is 4.29. The Hall–Kier alpha value is -1.40. The smallest absolute Gasteiger partial charge is 0.274 e. The van der Waals surface area contributed by atoms with Crippen molar-refractivity contribution in [3.05, 3.63) is 17.0 Å². The van der Waals surface area contributed by atoms with Gasteiger partial charge in [0.05, 0.1) is 0 Å². The lowest BCUT2D eigenvalue weighted by molar-refractivity contribution is 0.0656. The van der Waals surface area contributed by atoms with Gasteiger partial charge in [0.25, 0.3) is 5.91 Å². The largest absolute Gasteiger partial charge is 0.335 e. The molecule has 146 valence electrons. The Morgan fingerprint density at radius 1 is 1.27 bits per heavy atom. The van der Waals surface area contributed by atoms with E-state index in [0.717, 1.165) is 65.0 Å². The van der Waals surface area contributed by atoms with Gasteiger partial charge in [-0.05, 0) is 45.2 Å². The van der Waals surface area contributed by atoms with E-state index in [-0.39, 0.29) is 5.91 Å². The second-order valence-electron chi connectivity index (χ2n) is 8.33. The molecule has 1 fully saturated rings. The number of nitrogens with one attached hydrogen (secondary N) is 1. The molecule has 26 heavy (non-hydrogen) atoms. The number of aromatic nitrogens is 2. The standard InChI is InChI=1S/C20H35N5O/c1-5-8-25-18-7-6-16(21-14-15(2)3)13-17(18)19(22-25)20(26)24-11-9-23(4)10-12-24/h15-16,21H,5-14H2,1-4H3/t16-/m0/s1. The van der Waals surface area contributed by atoms with Gasteiger partial charge in [-0.1, -0.05) is 20.8 Å². The van der Waals surface area contributed by atoms with Crippen molar-refractivity contribution in [1.29, 1.82) is 0 Å². The average molecular weight is 362 g/mol. The summed E-state index contributed by atoms with van der Waals surface area (Å²) in [4.78, 5) is 17.4. The molecular weight excluding hydrogens is 326 g/mol. The third-order valence-corrected chi connectivity index (χ3v) is 5.59. The summed E-state index contributed by atoms with van der Waals surface area (Å²) < 4.78 is 2.11. The maximum absolute atomic E-state index is 13.2. The molecule has 2 heterocycles. The van der Waals surface area contributed by atoms with Crippen LogP contribution in [-0.4, -0.2) is 71.3 Å². The fraction of sp³-hybridized carbons (Fsp3) is 0.800. The van der Waals surface area contributed by atoms with Gasteiger partial charge in [-0.3, -0.25) is 9.48 Å². The van der Waals surface area contributed by atoms with Crippen molar-refractivity contribution < 1.29 is 4.79 Å². The van der Waals surface area contributed by atoms with E-state index < -0.39 is 0 Å². The molecular formula is C20H35N5O. The van der Waals surface area contributed by atoms with Crippen molar-refractivity contribution in [1.82, 2.24) is 24.9 Å². The number of nitrogens with zero attached hydrogens (tertiary/aromatic N) is 4. The Morgan fingerprint density at radius 3 is 2.65 bits per heavy atom. The SMILES string of the molecule is CCCn1nc(C(=O)N2CCN(C)CC2)c2c1CC[C@H](NCC(C)C)C2. The summed E-state index contributed by atoms with van der Waals surface area (Å²) in [5, 5.41) is 8.48. The topological polar surface area (TPSA) is 53.4 Å². The number of likely N-dealkylation sites (N-methyl/N-ethyl adjacent to an activating group) is 1. The number of fused-ring (bicyclic) bond motifs is 1. The van der Waals surface area contributed by atoms with Crippen molar-refractivity contribution >= 4 is 5.91 Å². The van der Waals surface area contributed by atoms with Gasteiger partial charge >= 0.3 is 0 Å². The fourth-order valence-electron chi connectivity index (χ4n) is 3.99. The van der Waals surface area contributed by atoms with Gasteiger partial charge in [-0.25, -0.2) is 0 Å². The van der Waals surface area contributed by atoms with Gasteiger partial charge in [0.2, 0.25) is 0 Å². The monoisotopic (exact) mass is 361 g/mol. The predicted molar refractivity (Wildman–Crippen MR) is 105 cm³/mol. The lowest BCUT2D eigenvalue weighted by atomic mass is 9.90. The lowest BCUT2D eigenvalue weighted by Gasteiger charge is -2.32. The molecule has 1 saturated heterocycles. The van der Waals surface area contributed by atoms with Crippen LogP contribution < -0.4 is 5.32 Å². The number of piperazine rings is 1. The van der Waals surface area contributed by atoms with Crippen LogP contribution in [0.1, 0.15) is 55.4 Å². The number of rotatable bonds is 6. The maximum atomic E-state index is 13.2. The lowest BCUT2D eigenvalue weighted by Crippen LogP contribution is -2.47. The molecule has 0 unspecified atom stereocenters. The Balaban J connectivity index is 1.80. The summed E-state index contributed by atoms with van der Waals surface area (Å²) in [7, 11) is 2.12. The Kier molecular flexibility index (Phi) is 6.35. The molecule has 1 amide bonds. The first-order chi connectivity index (χ1) is 12.5. The Labute approximate surface area is 157 Å². The highest BCUT2D eigenvalue weighted by Crippen LogP contribution is 2.26. The quantitative estimate of drug-likeness (QED) is 0.839. The number of carbonyl (C=O) groups is 1. The molecule has 1 aromatic heterocycles. The van der Waals surface area contributed by atoms with Gasteiger partial charge in [0.15, 0.2) is 5.69 Å². The summed E-state index contributed by atoms with van der Waals surface area (Å²) in [6.45, 7) is 12.1. The van der Waals surface area contributed by atoms with Gasteiger partial charge in [-0.2, -0.15) is 5.10 Å². The zero-order valence-electron chi connectivity index (χ0n) is 16.9. The van der Waals surface area contributed by atoms with Crippen LogP contribution in [0.4, 0.5) is 0 Å². The van der Waals surface area contributed by atoms with Crippen LogP contribution >= 0.6 is 0 Å². The summed E-state index contributed by atoms with van der Waals surface area (Å²) >= 11 is 0. The molecule has 6 heteroatoms. The molecule has 2 aliphatic rings. The van der Waals surface area contributed by atoms with Crippen molar-refractivity contribution in [3.63, 3.8) is 0 Å². The third-order valence-electron chi connectivity index (χ3n) is 5.59. The van der Waals surface area contributed by atoms with Gasteiger partial charge in [-0.15, -0.1) is 0 Å². The number of aryl methyl sites for hydroxylation is 1. The zero-order valence-corrected chi connectivity index (χ0v) is 16.9. The van der Waals surface area contributed by atoms with Crippen LogP contribution in [0.15, 0.2) is 0 Å². The first-order valence-corrected chi connectivity index (χ1v) is 10.3. The maximum Gasteiger partial charge on any atom is 0.274 e. The predicted octanol–water partition coefficient (Wildman–Crippen LogP) is 1.78. The first-order valence-electron chi connectivity index (χ1n) is 10.3. The molecule has 0 spiro atoms. The van der Waals surface area contributed by atoms with Crippen LogP contribution in [0.2, 0.25) is 0 Å². The molecule has 1 atom stereocenters. The molecule has 0 radical (unpaired) electrons. The molecule has 3 rings (SSSR count). The fourth-order valence-corrected chi connectivity index (χ4v) is 3.99. The highest BCUT2D eigenvalue weighted by atomic mass is 16.2. The van der Waals surface area contributed by atoms with E-state index in [1.807, 2.05) is 4.90 Å². The zero-order chi connectivity index (χ0) is 18.7. The van der Waals surface area contributed by atoms with Crippen LogP contribution in [0.3, 0.4) is 0 Å². The van der Waals surface area contributed by atoms with E-state index >= 15 is 0 Å². The van der Waals surface area contributed by atoms with Crippen LogP contribution in [-0.2, 0) is 19.4 Å². The second kappa shape index (κ2) is 8.53. The Morgan fingerprint density at radius 2 is 2.00 bits per heavy atom. The molecule has 1 aliphatic heterocycles. The number of hydrogen-bond donors (Lipinski definition) is 1. The van der Waals surface area contributed by atoms with E-state index in [1.54, 1.807) is 0 Å². The summed E-state index contributed by atoms with van der Waals surface area (Å²) in [6, 6.07) is 0.461. The van der Waals surface area contributed by atoms with E-state index in [9.17, 15) is 4.79 Å². The van der Waals surface area contributed by atoms with Gasteiger partial charge in [0.1, 0.15) is 0 Å². The molecule has 1 aromatic rings. The summed E-state index contributed by atoms with van der Waals surface area (Å²) in [6.07, 6.45) is 4.14. The van der Waals surface area contributed by atoms with Crippen LogP contribution in [0, 0.1) is 5.92 Å². The van der Waals surface area contributed by atoms with Gasteiger partial charge < -0.3 is 15.1 Å². The minimum atomic E-state index is 0.133. The molecule has 0 saturated carbocycles. The summed E-state index contributed by atoms with van der Waals surface area (Å²) in [5.41, 5.74) is 3.22. The van der Waals surface area contributed by atoms with Gasteiger partial charge in [0, 0.05) is 50.0 Å². The number of carbonyl (C=O) groups excluding carboxylic acids is 1. The van der Waals surface area contributed by atoms with E-state index in [4.69, 9.17) is 5.10 Å². The Bertz CT molecular complexity index is 616. The first kappa shape index (κ1) is 19.4. The van der Waals surface area contributed by atoms with Crippen molar-refractivity contribution in [2.24, 2.45) is 5.92 Å².